The lowest BCUT2D eigenvalue weighted by atomic mass is 9.51. The Morgan fingerprint density at radius 2 is 0.624 bits per heavy atom. The second-order valence-corrected chi connectivity index (χ2v) is 39.3. The average molecular weight is 1370 g/mol. The molecule has 6 heteroatoms. The van der Waals surface area contributed by atoms with Crippen molar-refractivity contribution in [1.82, 2.24) is 16.0 Å². The van der Waals surface area contributed by atoms with E-state index in [-0.39, 0.29) is 0 Å². The molecule has 0 aliphatic carbocycles. The zero-order valence-corrected chi connectivity index (χ0v) is 75.7. The molecule has 0 saturated carbocycles. The molecule has 6 fully saturated rings. The van der Waals surface area contributed by atoms with E-state index in [9.17, 15) is 0 Å². The van der Waals surface area contributed by atoms with E-state index < -0.39 is 0 Å². The molecule has 3 unspecified atom stereocenters. The van der Waals surface area contributed by atoms with Crippen LogP contribution in [0.3, 0.4) is 0 Å². The zero-order valence-electron chi connectivity index (χ0n) is 73.3. The van der Waals surface area contributed by atoms with Gasteiger partial charge in [0.1, 0.15) is 0 Å². The first-order chi connectivity index (χ1) is 42.9. The fourth-order valence-electron chi connectivity index (χ4n) is 18.2. The first kappa shape index (κ1) is 105. The molecule has 3 N–H and O–H groups in total. The van der Waals surface area contributed by atoms with Crippen LogP contribution in [-0.4, -0.2) is 71.8 Å². The Kier molecular flexibility index (Phi) is 57.7. The van der Waals surface area contributed by atoms with E-state index in [4.69, 9.17) is 0 Å². The second kappa shape index (κ2) is 51.1. The third-order valence-corrected chi connectivity index (χ3v) is 28.2. The van der Waals surface area contributed by atoms with Crippen LogP contribution < -0.4 is 16.0 Å². The summed E-state index contributed by atoms with van der Waals surface area (Å²) in [4.78, 5) is 0. The van der Waals surface area contributed by atoms with Crippen molar-refractivity contribution < 1.29 is 0 Å². The maximum atomic E-state index is 3.83. The quantitative estimate of drug-likeness (QED) is 0.246. The summed E-state index contributed by atoms with van der Waals surface area (Å²) in [6.07, 6.45) is 23.6. The fraction of sp³-hybridized carbons (Fsp3) is 1.00. The van der Waals surface area contributed by atoms with Crippen LogP contribution in [0.5, 0.6) is 0 Å². The van der Waals surface area contributed by atoms with E-state index >= 15 is 0 Å². The molecule has 3 atom stereocenters. The van der Waals surface area contributed by atoms with Crippen molar-refractivity contribution in [2.45, 2.75) is 410 Å². The lowest BCUT2D eigenvalue weighted by Gasteiger charge is -2.56. The monoisotopic (exact) mass is 1370 g/mol. The Labute approximate surface area is 608 Å². The van der Waals surface area contributed by atoms with Crippen molar-refractivity contribution in [3.8, 4) is 0 Å². The summed E-state index contributed by atoms with van der Waals surface area (Å²) >= 11 is 6.49. The molecule has 0 bridgehead atoms. The highest BCUT2D eigenvalue weighted by molar-refractivity contribution is 8.00. The predicted molar refractivity (Wildman–Crippen MR) is 448 cm³/mol. The molecule has 93 heavy (non-hydrogen) atoms. The Hall–Kier alpha value is 0.930. The van der Waals surface area contributed by atoms with Gasteiger partial charge in [-0.15, -0.1) is 0 Å². The molecule has 0 amide bonds. The SMILES string of the molecule is CC.CC.CC.CC.CC.CC.CC(C)(C)C1(C(C)(C)C)CCSCC1.CC(C)C1(C(C)(C)C)CCCCCN1.CC(C)C1(C(C)(C)C)CCCCNC1.CC(C)C1(C(C)(C)C)CCCNCC1.CC(C)C1(C(C)(C)C)CCSCC1.CC(C)C1(C(C)C)CCCCS1. The van der Waals surface area contributed by atoms with Gasteiger partial charge in [0.15, 0.2) is 0 Å². The Morgan fingerprint density at radius 1 is 0.269 bits per heavy atom. The fourth-order valence-corrected chi connectivity index (χ4v) is 22.3. The van der Waals surface area contributed by atoms with E-state index in [1.165, 1.54) is 171 Å². The Balaban J connectivity index is -0.000000236. The summed E-state index contributed by atoms with van der Waals surface area (Å²) in [5.74, 6) is 11.6. The first-order valence-corrected chi connectivity index (χ1v) is 44.2. The van der Waals surface area contributed by atoms with Crippen LogP contribution in [-0.2, 0) is 0 Å². The smallest absolute Gasteiger partial charge is 0.0252 e. The third kappa shape index (κ3) is 32.4. The zero-order chi connectivity index (χ0) is 74.8. The van der Waals surface area contributed by atoms with Crippen molar-refractivity contribution >= 4 is 35.3 Å². The van der Waals surface area contributed by atoms with Crippen LogP contribution in [0.4, 0.5) is 0 Å². The summed E-state index contributed by atoms with van der Waals surface area (Å²) in [6, 6.07) is 0. The number of hydrogen-bond acceptors (Lipinski definition) is 6. The van der Waals surface area contributed by atoms with Crippen LogP contribution in [0.15, 0.2) is 0 Å². The van der Waals surface area contributed by atoms with E-state index in [1.54, 1.807) is 0 Å². The van der Waals surface area contributed by atoms with Crippen LogP contribution in [0.25, 0.3) is 0 Å². The van der Waals surface area contributed by atoms with Crippen molar-refractivity contribution in [2.24, 2.45) is 89.7 Å². The van der Waals surface area contributed by atoms with E-state index in [0.717, 1.165) is 35.5 Å². The summed E-state index contributed by atoms with van der Waals surface area (Å²) in [5, 5.41) is 11.0. The van der Waals surface area contributed by atoms with Crippen molar-refractivity contribution in [2.75, 3.05) is 61.5 Å². The van der Waals surface area contributed by atoms with Gasteiger partial charge < -0.3 is 16.0 Å². The van der Waals surface area contributed by atoms with Crippen molar-refractivity contribution in [3.05, 3.63) is 0 Å². The lowest BCUT2D eigenvalue weighted by Crippen LogP contribution is -2.58. The number of nitrogens with one attached hydrogen (secondary N) is 3. The summed E-state index contributed by atoms with van der Waals surface area (Å²) in [6.45, 7) is 102. The van der Waals surface area contributed by atoms with Gasteiger partial charge >= 0.3 is 0 Å². The molecular weight excluding hydrogens is 1180 g/mol. The molecule has 6 heterocycles. The summed E-state index contributed by atoms with van der Waals surface area (Å²) < 4.78 is 0.595. The third-order valence-electron chi connectivity index (χ3n) is 24.1. The van der Waals surface area contributed by atoms with Gasteiger partial charge in [0.05, 0.1) is 0 Å². The van der Waals surface area contributed by atoms with Gasteiger partial charge in [0.2, 0.25) is 0 Å². The van der Waals surface area contributed by atoms with E-state index in [0.29, 0.717) is 64.4 Å². The highest BCUT2D eigenvalue weighted by Gasteiger charge is 2.51. The maximum absolute atomic E-state index is 3.83. The molecular formula is C87H189N3S3. The normalized spacial score (nSPS) is 24.0. The lowest BCUT2D eigenvalue weighted by molar-refractivity contribution is -0.0398. The van der Waals surface area contributed by atoms with E-state index in [2.05, 4.69) is 259 Å². The second-order valence-electron chi connectivity index (χ2n) is 35.4. The number of thioether (sulfide) groups is 3. The number of rotatable bonds is 6. The maximum Gasteiger partial charge on any atom is 0.0252 e. The largest absolute Gasteiger partial charge is 0.317 e. The van der Waals surface area contributed by atoms with Crippen molar-refractivity contribution in [3.63, 3.8) is 0 Å². The van der Waals surface area contributed by atoms with Crippen LogP contribution in [0.2, 0.25) is 0 Å². The molecule has 3 nitrogen and oxygen atoms in total. The molecule has 6 aliphatic heterocycles. The molecule has 570 valence electrons. The van der Waals surface area contributed by atoms with Gasteiger partial charge in [0, 0.05) is 16.8 Å². The average Bonchev–Trinajstić information content (AvgIpc) is 1.24. The standard InChI is InChI=1S/3C13H27N.C13H26S.C12H24S.C11H22S.6C2H6/c1-11(2)13(12(3,4)5)7-6-9-14-10-8-13;1-11(2)13(12(3,4)5)8-6-7-9-14-10-13;1-11(2)13(12(3,4)5)9-7-6-8-10-14-13;1-11(2,3)13(12(4,5)6)7-9-14-10-8-13;1-10(2)12(11(3,4)5)6-8-13-9-7-12;1-9(2)11(10(3)4)7-5-6-8-12-11;6*1-2/h3*11,14H,6-10H2,1-5H3;7-10H2,1-6H3;10H,6-9H2,1-5H3;9-10H,5-8H2,1-4H3;6*1-2H3. The van der Waals surface area contributed by atoms with Gasteiger partial charge in [0.25, 0.3) is 0 Å². The van der Waals surface area contributed by atoms with Crippen LogP contribution in [0.1, 0.15) is 400 Å². The summed E-state index contributed by atoms with van der Waals surface area (Å²) in [7, 11) is 0. The minimum atomic E-state index is 0.351. The Morgan fingerprint density at radius 3 is 0.935 bits per heavy atom. The topological polar surface area (TPSA) is 36.1 Å². The van der Waals surface area contributed by atoms with Crippen molar-refractivity contribution in [1.29, 1.82) is 0 Å². The predicted octanol–water partition coefficient (Wildman–Crippen LogP) is 29.4. The van der Waals surface area contributed by atoms with Crippen LogP contribution in [0, 0.1) is 89.7 Å². The van der Waals surface area contributed by atoms with Gasteiger partial charge in [-0.3, -0.25) is 0 Å². The van der Waals surface area contributed by atoms with Gasteiger partial charge in [-0.05, 0) is 228 Å². The molecule has 6 aliphatic rings. The molecule has 0 spiro atoms. The molecule has 0 radical (unpaired) electrons. The minimum absolute atomic E-state index is 0.351. The highest BCUT2D eigenvalue weighted by Crippen LogP contribution is 2.59. The Bertz CT molecular complexity index is 1500. The van der Waals surface area contributed by atoms with Gasteiger partial charge in [-0.2, -0.15) is 35.3 Å². The molecule has 0 aromatic rings. The van der Waals surface area contributed by atoms with Gasteiger partial charge in [-0.1, -0.05) is 316 Å². The van der Waals surface area contributed by atoms with Crippen LogP contribution >= 0.6 is 35.3 Å². The molecule has 0 aromatic carbocycles. The number of hydrogen-bond donors (Lipinski definition) is 3. The van der Waals surface area contributed by atoms with E-state index in [1.807, 2.05) is 83.1 Å². The minimum Gasteiger partial charge on any atom is -0.317 e. The first-order valence-electron chi connectivity index (χ1n) is 40.9. The molecule has 0 aromatic heterocycles. The molecule has 6 rings (SSSR count). The van der Waals surface area contributed by atoms with Gasteiger partial charge in [-0.25, -0.2) is 0 Å². The summed E-state index contributed by atoms with van der Waals surface area (Å²) in [5.41, 5.74) is 5.07. The highest BCUT2D eigenvalue weighted by atomic mass is 32.2. The molecule has 6 saturated heterocycles.